The van der Waals surface area contributed by atoms with Crippen LogP contribution in [0.4, 0.5) is 10.8 Å². The fourth-order valence-electron chi connectivity index (χ4n) is 4.02. The molecule has 0 saturated carbocycles. The zero-order valence-electron chi connectivity index (χ0n) is 18.7. The molecule has 1 aliphatic heterocycles. The molecule has 1 aromatic carbocycles. The highest BCUT2D eigenvalue weighted by atomic mass is 32.1. The third-order valence-corrected chi connectivity index (χ3v) is 6.82. The Bertz CT molecular complexity index is 1320. The van der Waals surface area contributed by atoms with Crippen molar-refractivity contribution in [1.29, 1.82) is 0 Å². The number of hydrogen-bond donors (Lipinski definition) is 1. The van der Waals surface area contributed by atoms with Gasteiger partial charge in [-0.15, -0.1) is 0 Å². The molecule has 0 radical (unpaired) electrons. The standard InChI is InChI=1S/C23H26N6O2S/c1-13(2)18-12-16(20-14(3)27-28(4)21(20)25-18)22(30)24-15-5-6-17-19(11-15)32-23(26-17)29-7-9-31-10-8-29/h5-6,11-13H,7-10H2,1-4H3,(H,24,30). The second kappa shape index (κ2) is 8.14. The highest BCUT2D eigenvalue weighted by Gasteiger charge is 2.20. The van der Waals surface area contributed by atoms with Crippen LogP contribution in [0.2, 0.25) is 0 Å². The first kappa shape index (κ1) is 20.8. The third-order valence-electron chi connectivity index (χ3n) is 5.74. The number of anilines is 2. The van der Waals surface area contributed by atoms with Crippen molar-refractivity contribution < 1.29 is 9.53 Å². The highest BCUT2D eigenvalue weighted by molar-refractivity contribution is 7.22. The van der Waals surface area contributed by atoms with Gasteiger partial charge in [-0.25, -0.2) is 9.97 Å². The van der Waals surface area contributed by atoms with Crippen LogP contribution in [0.5, 0.6) is 0 Å². The summed E-state index contributed by atoms with van der Waals surface area (Å²) in [5, 5.41) is 9.35. The summed E-state index contributed by atoms with van der Waals surface area (Å²) >= 11 is 1.64. The summed E-state index contributed by atoms with van der Waals surface area (Å²) in [5.74, 6) is 0.0426. The van der Waals surface area contributed by atoms with E-state index in [4.69, 9.17) is 14.7 Å². The maximum absolute atomic E-state index is 13.3. The van der Waals surface area contributed by atoms with Crippen LogP contribution in [-0.2, 0) is 11.8 Å². The number of nitrogens with one attached hydrogen (secondary N) is 1. The Labute approximate surface area is 190 Å². The second-order valence-electron chi connectivity index (χ2n) is 8.39. The normalized spacial score (nSPS) is 14.6. The van der Waals surface area contributed by atoms with E-state index < -0.39 is 0 Å². The Morgan fingerprint density at radius 1 is 1.19 bits per heavy atom. The number of carbonyl (C=O) groups excluding carboxylic acids is 1. The van der Waals surface area contributed by atoms with E-state index in [1.165, 1.54) is 0 Å². The summed E-state index contributed by atoms with van der Waals surface area (Å²) in [7, 11) is 1.86. The zero-order chi connectivity index (χ0) is 22.4. The number of benzene rings is 1. The van der Waals surface area contributed by atoms with Crippen molar-refractivity contribution in [2.75, 3.05) is 36.5 Å². The Hall–Kier alpha value is -3.04. The molecule has 1 N–H and O–H groups in total. The van der Waals surface area contributed by atoms with Gasteiger partial charge < -0.3 is 15.0 Å². The van der Waals surface area contributed by atoms with Gasteiger partial charge >= 0.3 is 0 Å². The number of nitrogens with zero attached hydrogens (tertiary/aromatic N) is 5. The summed E-state index contributed by atoms with van der Waals surface area (Å²) in [6.07, 6.45) is 0. The number of amides is 1. The maximum atomic E-state index is 13.3. The van der Waals surface area contributed by atoms with E-state index in [0.29, 0.717) is 5.56 Å². The summed E-state index contributed by atoms with van der Waals surface area (Å²) in [6.45, 7) is 9.21. The molecule has 1 fully saturated rings. The van der Waals surface area contributed by atoms with Crippen molar-refractivity contribution in [3.63, 3.8) is 0 Å². The van der Waals surface area contributed by atoms with E-state index in [1.807, 2.05) is 38.2 Å². The quantitative estimate of drug-likeness (QED) is 0.504. The molecule has 3 aromatic heterocycles. The van der Waals surface area contributed by atoms with Crippen LogP contribution in [0, 0.1) is 6.92 Å². The molecule has 1 amide bonds. The highest BCUT2D eigenvalue weighted by Crippen LogP contribution is 2.32. The Morgan fingerprint density at radius 2 is 1.97 bits per heavy atom. The first-order valence-corrected chi connectivity index (χ1v) is 11.6. The molecule has 1 aliphatic rings. The van der Waals surface area contributed by atoms with Gasteiger partial charge in [-0.05, 0) is 37.1 Å². The lowest BCUT2D eigenvalue weighted by atomic mass is 10.0. The van der Waals surface area contributed by atoms with Gasteiger partial charge in [0.05, 0.1) is 40.1 Å². The van der Waals surface area contributed by atoms with E-state index in [9.17, 15) is 4.79 Å². The summed E-state index contributed by atoms with van der Waals surface area (Å²) < 4.78 is 8.23. The van der Waals surface area contributed by atoms with Crippen molar-refractivity contribution in [1.82, 2.24) is 19.7 Å². The van der Waals surface area contributed by atoms with Gasteiger partial charge in [0, 0.05) is 31.5 Å². The number of carbonyl (C=O) groups is 1. The molecule has 8 nitrogen and oxygen atoms in total. The summed E-state index contributed by atoms with van der Waals surface area (Å²) in [6, 6.07) is 7.74. The van der Waals surface area contributed by atoms with E-state index in [-0.39, 0.29) is 11.8 Å². The fourth-order valence-corrected chi connectivity index (χ4v) is 5.07. The van der Waals surface area contributed by atoms with Crippen LogP contribution in [0.25, 0.3) is 21.3 Å². The molecule has 32 heavy (non-hydrogen) atoms. The maximum Gasteiger partial charge on any atom is 0.256 e. The third kappa shape index (κ3) is 3.71. The second-order valence-corrected chi connectivity index (χ2v) is 9.40. The first-order chi connectivity index (χ1) is 15.4. The van der Waals surface area contributed by atoms with Crippen LogP contribution in [0.1, 0.15) is 41.5 Å². The van der Waals surface area contributed by atoms with Gasteiger partial charge in [0.15, 0.2) is 10.8 Å². The lowest BCUT2D eigenvalue weighted by Crippen LogP contribution is -2.36. The predicted molar refractivity (Wildman–Crippen MR) is 128 cm³/mol. The molecule has 166 valence electrons. The molecule has 1 saturated heterocycles. The molecular formula is C23H26N6O2S. The molecule has 0 unspecified atom stereocenters. The number of rotatable bonds is 4. The van der Waals surface area contributed by atoms with Crippen molar-refractivity contribution in [3.8, 4) is 0 Å². The van der Waals surface area contributed by atoms with Gasteiger partial charge in [-0.3, -0.25) is 9.48 Å². The number of thiazole rings is 1. The predicted octanol–water partition coefficient (Wildman–Crippen LogP) is 4.10. The van der Waals surface area contributed by atoms with E-state index in [2.05, 4.69) is 29.2 Å². The molecule has 5 rings (SSSR count). The van der Waals surface area contributed by atoms with Gasteiger partial charge in [0.1, 0.15) is 0 Å². The number of aromatic nitrogens is 4. The lowest BCUT2D eigenvalue weighted by Gasteiger charge is -2.25. The number of aryl methyl sites for hydroxylation is 2. The van der Waals surface area contributed by atoms with Crippen LogP contribution in [0.15, 0.2) is 24.3 Å². The van der Waals surface area contributed by atoms with Gasteiger partial charge in [0.2, 0.25) is 0 Å². The summed E-state index contributed by atoms with van der Waals surface area (Å²) in [4.78, 5) is 25.1. The number of pyridine rings is 1. The van der Waals surface area contributed by atoms with Crippen molar-refractivity contribution in [2.45, 2.75) is 26.7 Å². The number of hydrogen-bond acceptors (Lipinski definition) is 7. The monoisotopic (exact) mass is 450 g/mol. The van der Waals surface area contributed by atoms with Gasteiger partial charge in [-0.2, -0.15) is 5.10 Å². The molecular weight excluding hydrogens is 424 g/mol. The first-order valence-electron chi connectivity index (χ1n) is 10.8. The van der Waals surface area contributed by atoms with Crippen molar-refractivity contribution >= 4 is 49.3 Å². The largest absolute Gasteiger partial charge is 0.378 e. The van der Waals surface area contributed by atoms with Crippen LogP contribution >= 0.6 is 11.3 Å². The average Bonchev–Trinajstić information content (AvgIpc) is 3.34. The van der Waals surface area contributed by atoms with Crippen molar-refractivity contribution in [2.24, 2.45) is 7.05 Å². The number of fused-ring (bicyclic) bond motifs is 2. The lowest BCUT2D eigenvalue weighted by molar-refractivity contribution is 0.102. The minimum Gasteiger partial charge on any atom is -0.378 e. The van der Waals surface area contributed by atoms with E-state index in [1.54, 1.807) is 16.0 Å². The number of ether oxygens (including phenoxy) is 1. The van der Waals surface area contributed by atoms with E-state index >= 15 is 0 Å². The smallest absolute Gasteiger partial charge is 0.256 e. The number of morpholine rings is 1. The summed E-state index contributed by atoms with van der Waals surface area (Å²) in [5.41, 5.74) is 4.68. The molecule has 4 aromatic rings. The Morgan fingerprint density at radius 3 is 2.72 bits per heavy atom. The van der Waals surface area contributed by atoms with Gasteiger partial charge in [0.25, 0.3) is 5.91 Å². The molecule has 9 heteroatoms. The fraction of sp³-hybridized carbons (Fsp3) is 0.391. The van der Waals surface area contributed by atoms with Crippen LogP contribution < -0.4 is 10.2 Å². The SMILES string of the molecule is Cc1nn(C)c2nc(C(C)C)cc(C(=O)Nc3ccc4nc(N5CCOCC5)sc4c3)c12. The van der Waals surface area contributed by atoms with Crippen LogP contribution in [0.3, 0.4) is 0 Å². The Balaban J connectivity index is 1.47. The van der Waals surface area contributed by atoms with E-state index in [0.717, 1.165) is 69.8 Å². The molecule has 0 atom stereocenters. The minimum atomic E-state index is -0.160. The molecule has 0 aliphatic carbocycles. The van der Waals surface area contributed by atoms with Crippen molar-refractivity contribution in [3.05, 3.63) is 41.2 Å². The van der Waals surface area contributed by atoms with Gasteiger partial charge in [-0.1, -0.05) is 25.2 Å². The average molecular weight is 451 g/mol. The molecule has 0 bridgehead atoms. The Kier molecular flexibility index (Phi) is 5.30. The molecule has 0 spiro atoms. The van der Waals surface area contributed by atoms with Crippen LogP contribution in [-0.4, -0.2) is 52.0 Å². The zero-order valence-corrected chi connectivity index (χ0v) is 19.5. The molecule has 4 heterocycles. The minimum absolute atomic E-state index is 0.160. The topological polar surface area (TPSA) is 85.2 Å².